The molecule has 0 N–H and O–H groups in total. The monoisotopic (exact) mass is 350 g/mol. The summed E-state index contributed by atoms with van der Waals surface area (Å²) >= 11 is 0. The first-order valence-corrected chi connectivity index (χ1v) is 8.83. The van der Waals surface area contributed by atoms with Gasteiger partial charge in [-0.15, -0.1) is 0 Å². The number of carbonyl (C=O) groups excluding carboxylic acids is 1. The molecule has 1 aromatic rings. The van der Waals surface area contributed by atoms with Crippen LogP contribution in [-0.4, -0.2) is 34.4 Å². The number of benzene rings is 1. The molecule has 2 aliphatic carbocycles. The van der Waals surface area contributed by atoms with Crippen molar-refractivity contribution < 1.29 is 18.8 Å². The van der Waals surface area contributed by atoms with E-state index in [0.29, 0.717) is 5.92 Å². The summed E-state index contributed by atoms with van der Waals surface area (Å²) in [6.07, 6.45) is 6.30. The number of nitro benzene ring substituents is 1. The zero-order valence-corrected chi connectivity index (χ0v) is 14.3. The molecule has 0 saturated heterocycles. The van der Waals surface area contributed by atoms with Gasteiger partial charge in [-0.05, 0) is 50.5 Å². The maximum Gasteiger partial charge on any atom is 0.272 e. The summed E-state index contributed by atoms with van der Waals surface area (Å²) < 4.78 is 19.2. The van der Waals surface area contributed by atoms with Gasteiger partial charge in [0.2, 0.25) is 0 Å². The third kappa shape index (κ3) is 4.27. The van der Waals surface area contributed by atoms with Crippen molar-refractivity contribution in [2.75, 3.05) is 6.61 Å². The van der Waals surface area contributed by atoms with Gasteiger partial charge in [0.05, 0.1) is 11.0 Å². The van der Waals surface area contributed by atoms with E-state index in [9.17, 15) is 19.3 Å². The molecule has 1 amide bonds. The standard InChI is InChI=1S/C18H23FN2O4/c1-12-2-4-13(5-3-12)20(14-6-7-14)18(22)11-25-17-9-8-15(21(23)24)10-16(17)19/h8-10,12-14H,2-7,11H2,1H3. The highest BCUT2D eigenvalue weighted by Crippen LogP contribution is 2.35. The number of ether oxygens (including phenoxy) is 1. The number of halogens is 1. The summed E-state index contributed by atoms with van der Waals surface area (Å²) in [6, 6.07) is 3.72. The van der Waals surface area contributed by atoms with Crippen molar-refractivity contribution in [3.05, 3.63) is 34.1 Å². The van der Waals surface area contributed by atoms with Gasteiger partial charge in [0.25, 0.3) is 11.6 Å². The number of rotatable bonds is 6. The molecule has 0 bridgehead atoms. The molecule has 0 atom stereocenters. The van der Waals surface area contributed by atoms with Crippen LogP contribution in [0.15, 0.2) is 18.2 Å². The largest absolute Gasteiger partial charge is 0.481 e. The fraction of sp³-hybridized carbons (Fsp3) is 0.611. The lowest BCUT2D eigenvalue weighted by Crippen LogP contribution is -2.45. The quantitative estimate of drug-likeness (QED) is 0.579. The van der Waals surface area contributed by atoms with E-state index < -0.39 is 10.7 Å². The van der Waals surface area contributed by atoms with Crippen molar-refractivity contribution in [3.63, 3.8) is 0 Å². The molecule has 2 aliphatic rings. The van der Waals surface area contributed by atoms with Crippen LogP contribution in [0.3, 0.4) is 0 Å². The van der Waals surface area contributed by atoms with E-state index in [1.807, 2.05) is 4.90 Å². The first-order chi connectivity index (χ1) is 12.0. The Morgan fingerprint density at radius 3 is 2.36 bits per heavy atom. The van der Waals surface area contributed by atoms with E-state index in [0.717, 1.165) is 44.6 Å². The molecule has 0 aliphatic heterocycles. The van der Waals surface area contributed by atoms with Crippen LogP contribution in [-0.2, 0) is 4.79 Å². The van der Waals surface area contributed by atoms with E-state index in [2.05, 4.69) is 6.92 Å². The van der Waals surface area contributed by atoms with Crippen LogP contribution in [0.25, 0.3) is 0 Å². The molecule has 1 aromatic carbocycles. The highest BCUT2D eigenvalue weighted by Gasteiger charge is 2.38. The molecule has 136 valence electrons. The lowest BCUT2D eigenvalue weighted by atomic mass is 9.86. The SMILES string of the molecule is CC1CCC(N(C(=O)COc2ccc([N+](=O)[O-])cc2F)C2CC2)CC1. The van der Waals surface area contributed by atoms with E-state index >= 15 is 0 Å². The minimum Gasteiger partial charge on any atom is -0.481 e. The van der Waals surface area contributed by atoms with Gasteiger partial charge in [0, 0.05) is 18.2 Å². The zero-order valence-electron chi connectivity index (χ0n) is 14.3. The average molecular weight is 350 g/mol. The Hall–Kier alpha value is -2.18. The van der Waals surface area contributed by atoms with Crippen molar-refractivity contribution in [2.24, 2.45) is 5.92 Å². The van der Waals surface area contributed by atoms with Crippen molar-refractivity contribution >= 4 is 11.6 Å². The number of nitrogens with zero attached hydrogens (tertiary/aromatic N) is 2. The zero-order chi connectivity index (χ0) is 18.0. The van der Waals surface area contributed by atoms with Crippen LogP contribution in [0.1, 0.15) is 45.4 Å². The summed E-state index contributed by atoms with van der Waals surface area (Å²) in [7, 11) is 0. The predicted octanol–water partition coefficient (Wildman–Crippen LogP) is 3.68. The third-order valence-electron chi connectivity index (χ3n) is 5.08. The van der Waals surface area contributed by atoms with Crippen molar-refractivity contribution in [1.29, 1.82) is 0 Å². The highest BCUT2D eigenvalue weighted by molar-refractivity contribution is 5.79. The molecular formula is C18H23FN2O4. The Morgan fingerprint density at radius 1 is 1.24 bits per heavy atom. The Balaban J connectivity index is 1.61. The van der Waals surface area contributed by atoms with Gasteiger partial charge in [0.1, 0.15) is 0 Å². The second kappa shape index (κ2) is 7.37. The minimum atomic E-state index is -0.827. The molecule has 0 radical (unpaired) electrons. The maximum atomic E-state index is 13.9. The normalized spacial score (nSPS) is 23.1. The van der Waals surface area contributed by atoms with Crippen LogP contribution < -0.4 is 4.74 Å². The summed E-state index contributed by atoms with van der Waals surface area (Å²) in [5.41, 5.74) is -0.341. The molecular weight excluding hydrogens is 327 g/mol. The van der Waals surface area contributed by atoms with E-state index in [1.54, 1.807) is 0 Å². The second-order valence-electron chi connectivity index (χ2n) is 7.11. The van der Waals surface area contributed by atoms with E-state index in [4.69, 9.17) is 4.74 Å². The lowest BCUT2D eigenvalue weighted by molar-refractivity contribution is -0.385. The van der Waals surface area contributed by atoms with Crippen LogP contribution in [0.2, 0.25) is 0 Å². The predicted molar refractivity (Wildman–Crippen MR) is 89.8 cm³/mol. The van der Waals surface area contributed by atoms with Gasteiger partial charge in [-0.1, -0.05) is 6.92 Å². The van der Waals surface area contributed by atoms with Crippen molar-refractivity contribution in [1.82, 2.24) is 4.90 Å². The van der Waals surface area contributed by atoms with Gasteiger partial charge in [0.15, 0.2) is 18.2 Å². The molecule has 0 spiro atoms. The minimum absolute atomic E-state index is 0.125. The molecule has 0 unspecified atom stereocenters. The summed E-state index contributed by atoms with van der Waals surface area (Å²) in [5, 5.41) is 10.6. The summed E-state index contributed by atoms with van der Waals surface area (Å²) in [4.78, 5) is 24.5. The van der Waals surface area contributed by atoms with Gasteiger partial charge in [-0.3, -0.25) is 14.9 Å². The van der Waals surface area contributed by atoms with Gasteiger partial charge in [-0.2, -0.15) is 0 Å². The number of hydrogen-bond donors (Lipinski definition) is 0. The van der Waals surface area contributed by atoms with Crippen LogP contribution in [0.4, 0.5) is 10.1 Å². The fourth-order valence-corrected chi connectivity index (χ4v) is 3.51. The molecule has 6 nitrogen and oxygen atoms in total. The number of amides is 1. The van der Waals surface area contributed by atoms with Gasteiger partial charge in [-0.25, -0.2) is 4.39 Å². The third-order valence-corrected chi connectivity index (χ3v) is 5.08. The molecule has 0 aromatic heterocycles. The molecule has 3 rings (SSSR count). The Morgan fingerprint density at radius 2 is 1.84 bits per heavy atom. The second-order valence-corrected chi connectivity index (χ2v) is 7.11. The average Bonchev–Trinajstić information content (AvgIpc) is 3.40. The molecule has 7 heteroatoms. The van der Waals surface area contributed by atoms with Crippen LogP contribution in [0.5, 0.6) is 5.75 Å². The fourth-order valence-electron chi connectivity index (χ4n) is 3.51. The first-order valence-electron chi connectivity index (χ1n) is 8.83. The Kier molecular flexibility index (Phi) is 5.20. The van der Waals surface area contributed by atoms with E-state index in [-0.39, 0.29) is 36.0 Å². The summed E-state index contributed by atoms with van der Waals surface area (Å²) in [5.74, 6) is -0.379. The maximum absolute atomic E-state index is 13.9. The van der Waals surface area contributed by atoms with E-state index in [1.165, 1.54) is 12.1 Å². The number of hydrogen-bond acceptors (Lipinski definition) is 4. The van der Waals surface area contributed by atoms with Gasteiger partial charge < -0.3 is 9.64 Å². The van der Waals surface area contributed by atoms with Crippen molar-refractivity contribution in [3.8, 4) is 5.75 Å². The molecule has 2 saturated carbocycles. The summed E-state index contributed by atoms with van der Waals surface area (Å²) in [6.45, 7) is 2.00. The molecule has 25 heavy (non-hydrogen) atoms. The molecule has 0 heterocycles. The van der Waals surface area contributed by atoms with Crippen molar-refractivity contribution in [2.45, 2.75) is 57.5 Å². The Bertz CT molecular complexity index is 654. The lowest BCUT2D eigenvalue weighted by Gasteiger charge is -2.36. The van der Waals surface area contributed by atoms with Gasteiger partial charge >= 0.3 is 0 Å². The number of carbonyl (C=O) groups is 1. The van der Waals surface area contributed by atoms with Crippen LogP contribution in [0, 0.1) is 21.8 Å². The molecule has 2 fully saturated rings. The van der Waals surface area contributed by atoms with Crippen LogP contribution >= 0.6 is 0 Å². The Labute approximate surface area is 146 Å². The topological polar surface area (TPSA) is 72.7 Å². The number of non-ortho nitro benzene ring substituents is 1. The first kappa shape index (κ1) is 17.6. The highest BCUT2D eigenvalue weighted by atomic mass is 19.1. The smallest absolute Gasteiger partial charge is 0.272 e. The number of nitro groups is 1.